The van der Waals surface area contributed by atoms with Crippen LogP contribution in [0, 0.1) is 0 Å². The Morgan fingerprint density at radius 2 is 1.96 bits per heavy atom. The van der Waals surface area contributed by atoms with Crippen molar-refractivity contribution in [3.63, 3.8) is 0 Å². The number of rotatable bonds is 5. The summed E-state index contributed by atoms with van der Waals surface area (Å²) in [5, 5.41) is 6.11. The predicted octanol–water partition coefficient (Wildman–Crippen LogP) is 2.55. The van der Waals surface area contributed by atoms with Crippen molar-refractivity contribution in [3.05, 3.63) is 36.5 Å². The molecule has 138 valence electrons. The lowest BCUT2D eigenvalue weighted by Gasteiger charge is -2.32. The molecule has 1 aromatic heterocycles. The van der Waals surface area contributed by atoms with Gasteiger partial charge in [-0.05, 0) is 31.0 Å². The van der Waals surface area contributed by atoms with Crippen LogP contribution >= 0.6 is 0 Å². The van der Waals surface area contributed by atoms with E-state index >= 15 is 0 Å². The molecule has 0 radical (unpaired) electrons. The number of anilines is 3. The highest BCUT2D eigenvalue weighted by Gasteiger charge is 2.22. The van der Waals surface area contributed by atoms with Crippen LogP contribution in [0.5, 0.6) is 5.75 Å². The minimum atomic E-state index is -0.386. The van der Waals surface area contributed by atoms with Crippen molar-refractivity contribution in [1.29, 1.82) is 0 Å². The van der Waals surface area contributed by atoms with Gasteiger partial charge in [-0.2, -0.15) is 4.98 Å². The number of carbonyl (C=O) groups excluding carboxylic acids is 1. The molecule has 0 aliphatic carbocycles. The average molecular weight is 357 g/mol. The van der Waals surface area contributed by atoms with E-state index < -0.39 is 0 Å². The molecular weight excluding hydrogens is 334 g/mol. The van der Waals surface area contributed by atoms with Gasteiger partial charge in [-0.15, -0.1) is 0 Å². The first-order chi connectivity index (χ1) is 12.7. The molecule has 26 heavy (non-hydrogen) atoms. The zero-order valence-corrected chi connectivity index (χ0v) is 14.9. The first kappa shape index (κ1) is 17.8. The molecule has 1 aromatic carbocycles. The number of alkyl carbamates (subject to hydrolysis) is 1. The second-order valence-electron chi connectivity index (χ2n) is 5.96. The fourth-order valence-corrected chi connectivity index (χ4v) is 2.91. The maximum absolute atomic E-state index is 11.3. The lowest BCUT2D eigenvalue weighted by Crippen LogP contribution is -2.45. The maximum Gasteiger partial charge on any atom is 0.407 e. The largest absolute Gasteiger partial charge is 0.495 e. The van der Waals surface area contributed by atoms with E-state index in [4.69, 9.17) is 4.74 Å². The summed E-state index contributed by atoms with van der Waals surface area (Å²) in [7, 11) is 3.01. The van der Waals surface area contributed by atoms with Gasteiger partial charge in [0.2, 0.25) is 5.95 Å². The number of carbonyl (C=O) groups is 1. The zero-order valence-electron chi connectivity index (χ0n) is 14.9. The first-order valence-corrected chi connectivity index (χ1v) is 8.52. The van der Waals surface area contributed by atoms with Crippen LogP contribution in [0.15, 0.2) is 36.5 Å². The second-order valence-corrected chi connectivity index (χ2v) is 5.96. The Morgan fingerprint density at radius 3 is 2.69 bits per heavy atom. The third kappa shape index (κ3) is 4.33. The van der Waals surface area contributed by atoms with Gasteiger partial charge in [0.1, 0.15) is 11.6 Å². The van der Waals surface area contributed by atoms with E-state index in [0.29, 0.717) is 11.8 Å². The van der Waals surface area contributed by atoms with Gasteiger partial charge in [-0.1, -0.05) is 12.1 Å². The monoisotopic (exact) mass is 357 g/mol. The van der Waals surface area contributed by atoms with Crippen molar-refractivity contribution < 1.29 is 14.3 Å². The van der Waals surface area contributed by atoms with E-state index in [1.807, 2.05) is 30.3 Å². The van der Waals surface area contributed by atoms with Gasteiger partial charge in [0.05, 0.1) is 19.9 Å². The van der Waals surface area contributed by atoms with Crippen molar-refractivity contribution >= 4 is 23.5 Å². The minimum absolute atomic E-state index is 0.119. The van der Waals surface area contributed by atoms with Gasteiger partial charge >= 0.3 is 6.09 Å². The SMILES string of the molecule is COC(=O)NC1CCN(c2nccc(Nc3ccccc3OC)n2)CC1. The van der Waals surface area contributed by atoms with Crippen LogP contribution in [0.2, 0.25) is 0 Å². The summed E-state index contributed by atoms with van der Waals surface area (Å²) >= 11 is 0. The van der Waals surface area contributed by atoms with Gasteiger partial charge in [0.15, 0.2) is 0 Å². The first-order valence-electron chi connectivity index (χ1n) is 8.52. The quantitative estimate of drug-likeness (QED) is 0.850. The molecule has 8 nitrogen and oxygen atoms in total. The van der Waals surface area contributed by atoms with Crippen LogP contribution in [0.25, 0.3) is 0 Å². The molecule has 2 heterocycles. The molecule has 8 heteroatoms. The highest BCUT2D eigenvalue weighted by Crippen LogP contribution is 2.27. The van der Waals surface area contributed by atoms with Crippen LogP contribution in [0.1, 0.15) is 12.8 Å². The van der Waals surface area contributed by atoms with Gasteiger partial charge in [0, 0.05) is 25.3 Å². The zero-order chi connectivity index (χ0) is 18.4. The average Bonchev–Trinajstić information content (AvgIpc) is 2.69. The van der Waals surface area contributed by atoms with Crippen LogP contribution in [0.3, 0.4) is 0 Å². The summed E-state index contributed by atoms with van der Waals surface area (Å²) < 4.78 is 10.0. The third-order valence-electron chi connectivity index (χ3n) is 4.30. The topological polar surface area (TPSA) is 88.6 Å². The molecule has 2 N–H and O–H groups in total. The molecule has 2 aromatic rings. The highest BCUT2D eigenvalue weighted by molar-refractivity contribution is 5.67. The smallest absolute Gasteiger partial charge is 0.407 e. The molecule has 1 saturated heterocycles. The number of methoxy groups -OCH3 is 2. The van der Waals surface area contributed by atoms with E-state index in [9.17, 15) is 4.79 Å². The second kappa shape index (κ2) is 8.37. The molecule has 0 saturated carbocycles. The molecule has 1 aliphatic rings. The number of hydrogen-bond acceptors (Lipinski definition) is 7. The highest BCUT2D eigenvalue weighted by atomic mass is 16.5. The minimum Gasteiger partial charge on any atom is -0.495 e. The van der Waals surface area contributed by atoms with E-state index in [1.165, 1.54) is 7.11 Å². The Kier molecular flexibility index (Phi) is 5.73. The Morgan fingerprint density at radius 1 is 1.19 bits per heavy atom. The number of aromatic nitrogens is 2. The summed E-state index contributed by atoms with van der Waals surface area (Å²) in [6.45, 7) is 1.54. The standard InChI is InChI=1S/C18H23N5O3/c1-25-15-6-4-3-5-14(15)21-16-7-10-19-17(22-16)23-11-8-13(9-12-23)20-18(24)26-2/h3-7,10,13H,8-9,11-12H2,1-2H3,(H,20,24)(H,19,21,22). The number of benzene rings is 1. The van der Waals surface area contributed by atoms with E-state index in [2.05, 4.69) is 30.2 Å². The van der Waals surface area contributed by atoms with Crippen LogP contribution in [0.4, 0.5) is 22.2 Å². The number of piperidine rings is 1. The molecule has 3 rings (SSSR count). The number of hydrogen-bond donors (Lipinski definition) is 2. The maximum atomic E-state index is 11.3. The molecule has 0 atom stereocenters. The van der Waals surface area contributed by atoms with Crippen LogP contribution < -0.4 is 20.3 Å². The predicted molar refractivity (Wildman–Crippen MR) is 99.1 cm³/mol. The normalized spacial score (nSPS) is 14.6. The fraction of sp³-hybridized carbons (Fsp3) is 0.389. The molecule has 1 aliphatic heterocycles. The van der Waals surface area contributed by atoms with Gasteiger partial charge in [0.25, 0.3) is 0 Å². The summed E-state index contributed by atoms with van der Waals surface area (Å²) in [6.07, 6.45) is 2.99. The molecule has 0 bridgehead atoms. The van der Waals surface area contributed by atoms with E-state index in [0.717, 1.165) is 37.4 Å². The Bertz CT molecular complexity index is 747. The van der Waals surface area contributed by atoms with Crippen molar-refractivity contribution in [3.8, 4) is 5.75 Å². The molecule has 1 amide bonds. The molecule has 1 fully saturated rings. The van der Waals surface area contributed by atoms with Gasteiger partial charge in [-0.3, -0.25) is 0 Å². The summed E-state index contributed by atoms with van der Waals surface area (Å²) in [4.78, 5) is 22.4. The Hall–Kier alpha value is -3.03. The number of amides is 1. The number of para-hydroxylation sites is 2. The van der Waals surface area contributed by atoms with Crippen molar-refractivity contribution in [2.45, 2.75) is 18.9 Å². The molecular formula is C18H23N5O3. The summed E-state index contributed by atoms with van der Waals surface area (Å²) in [5.41, 5.74) is 0.848. The van der Waals surface area contributed by atoms with Crippen molar-refractivity contribution in [1.82, 2.24) is 15.3 Å². The van der Waals surface area contributed by atoms with Gasteiger partial charge in [-0.25, -0.2) is 9.78 Å². The number of ether oxygens (including phenoxy) is 2. The lowest BCUT2D eigenvalue weighted by molar-refractivity contribution is 0.164. The number of nitrogens with zero attached hydrogens (tertiary/aromatic N) is 3. The van der Waals surface area contributed by atoms with Crippen molar-refractivity contribution in [2.24, 2.45) is 0 Å². The number of nitrogens with one attached hydrogen (secondary N) is 2. The van der Waals surface area contributed by atoms with Gasteiger partial charge < -0.3 is 25.0 Å². The third-order valence-corrected chi connectivity index (χ3v) is 4.30. The van der Waals surface area contributed by atoms with Crippen molar-refractivity contribution in [2.75, 3.05) is 37.5 Å². The van der Waals surface area contributed by atoms with Crippen LogP contribution in [-0.4, -0.2) is 49.4 Å². The Balaban J connectivity index is 1.64. The fourth-order valence-electron chi connectivity index (χ4n) is 2.91. The molecule has 0 unspecified atom stereocenters. The van der Waals surface area contributed by atoms with E-state index in [1.54, 1.807) is 13.3 Å². The van der Waals surface area contributed by atoms with Crippen LogP contribution in [-0.2, 0) is 4.74 Å². The molecule has 0 spiro atoms. The Labute approximate surface area is 152 Å². The lowest BCUT2D eigenvalue weighted by atomic mass is 10.1. The summed E-state index contributed by atoms with van der Waals surface area (Å²) in [5.74, 6) is 2.12. The van der Waals surface area contributed by atoms with E-state index in [-0.39, 0.29) is 12.1 Å². The summed E-state index contributed by atoms with van der Waals surface area (Å²) in [6, 6.07) is 9.62.